The first-order valence-electron chi connectivity index (χ1n) is 9.50. The normalized spacial score (nSPS) is 12.7. The number of hydrogen-bond acceptors (Lipinski definition) is 6. The predicted octanol–water partition coefficient (Wildman–Crippen LogP) is 3.81. The summed E-state index contributed by atoms with van der Waals surface area (Å²) in [5, 5.41) is 5.96. The molecule has 7 nitrogen and oxygen atoms in total. The van der Waals surface area contributed by atoms with Crippen LogP contribution in [0.2, 0.25) is 0 Å². The Morgan fingerprint density at radius 2 is 1.90 bits per heavy atom. The topological polar surface area (TPSA) is 78.4 Å². The van der Waals surface area contributed by atoms with Crippen LogP contribution in [-0.2, 0) is 0 Å². The van der Waals surface area contributed by atoms with Crippen molar-refractivity contribution in [3.63, 3.8) is 0 Å². The number of hydrogen-bond donors (Lipinski definition) is 1. The van der Waals surface area contributed by atoms with Crippen LogP contribution in [0.4, 0.5) is 5.69 Å². The largest absolute Gasteiger partial charge is 0.486 e. The van der Waals surface area contributed by atoms with E-state index in [9.17, 15) is 0 Å². The fraction of sp³-hybridized carbons (Fsp3) is 0.130. The highest BCUT2D eigenvalue weighted by molar-refractivity contribution is 5.78. The standard InChI is InChI=1S/C23H23N5O2/c1-16(8-11-27(24)19-6-9-25-17(2)14-19)18(3)21-7-10-26-28(21)20-4-5-22-23(15-20)30-13-12-29-22/h4-11,14-15H,1,3,12-13,24H2,2H3/b11-8-. The van der Waals surface area contributed by atoms with Crippen LogP contribution in [0.3, 0.4) is 0 Å². The lowest BCUT2D eigenvalue weighted by molar-refractivity contribution is 0.171. The molecule has 152 valence electrons. The SMILES string of the molecule is C=C(/C=C\N(N)c1ccnc(C)c1)C(=C)c1ccnn1-c1ccc2c(c1)OCCO2. The van der Waals surface area contributed by atoms with Gasteiger partial charge in [-0.15, -0.1) is 0 Å². The molecule has 0 amide bonds. The van der Waals surface area contributed by atoms with E-state index in [2.05, 4.69) is 23.2 Å². The minimum Gasteiger partial charge on any atom is -0.486 e. The summed E-state index contributed by atoms with van der Waals surface area (Å²) >= 11 is 0. The van der Waals surface area contributed by atoms with Gasteiger partial charge in [0.05, 0.1) is 23.3 Å². The number of fused-ring (bicyclic) bond motifs is 1. The van der Waals surface area contributed by atoms with E-state index in [4.69, 9.17) is 15.3 Å². The fourth-order valence-electron chi connectivity index (χ4n) is 3.11. The molecule has 2 N–H and O–H groups in total. The number of nitrogens with two attached hydrogens (primary N) is 1. The lowest BCUT2D eigenvalue weighted by Gasteiger charge is -2.19. The third kappa shape index (κ3) is 3.97. The first-order chi connectivity index (χ1) is 14.5. The molecule has 30 heavy (non-hydrogen) atoms. The van der Waals surface area contributed by atoms with E-state index in [1.54, 1.807) is 23.3 Å². The number of aryl methyl sites for hydroxylation is 1. The third-order valence-electron chi connectivity index (χ3n) is 4.72. The zero-order valence-corrected chi connectivity index (χ0v) is 16.8. The van der Waals surface area contributed by atoms with Gasteiger partial charge in [-0.05, 0) is 54.5 Å². The summed E-state index contributed by atoms with van der Waals surface area (Å²) in [7, 11) is 0. The van der Waals surface area contributed by atoms with Crippen LogP contribution in [0.15, 0.2) is 79.8 Å². The van der Waals surface area contributed by atoms with Crippen LogP contribution in [0.25, 0.3) is 11.3 Å². The van der Waals surface area contributed by atoms with E-state index >= 15 is 0 Å². The minimum absolute atomic E-state index is 0.531. The van der Waals surface area contributed by atoms with E-state index < -0.39 is 0 Å². The molecule has 0 unspecified atom stereocenters. The van der Waals surface area contributed by atoms with Crippen LogP contribution in [0.1, 0.15) is 11.4 Å². The molecule has 0 fully saturated rings. The van der Waals surface area contributed by atoms with Gasteiger partial charge in [0.2, 0.25) is 0 Å². The molecule has 2 aromatic heterocycles. The lowest BCUT2D eigenvalue weighted by Crippen LogP contribution is -2.24. The molecule has 0 saturated heterocycles. The third-order valence-corrected chi connectivity index (χ3v) is 4.72. The van der Waals surface area contributed by atoms with Gasteiger partial charge in [-0.2, -0.15) is 5.10 Å². The zero-order chi connectivity index (χ0) is 21.1. The summed E-state index contributed by atoms with van der Waals surface area (Å²) in [6, 6.07) is 11.4. The van der Waals surface area contributed by atoms with Crippen molar-refractivity contribution >= 4 is 11.3 Å². The molecule has 1 aliphatic rings. The van der Waals surface area contributed by atoms with Crippen LogP contribution in [-0.4, -0.2) is 28.0 Å². The minimum atomic E-state index is 0.531. The smallest absolute Gasteiger partial charge is 0.163 e. The van der Waals surface area contributed by atoms with E-state index in [1.807, 2.05) is 49.4 Å². The summed E-state index contributed by atoms with van der Waals surface area (Å²) in [6.07, 6.45) is 7.01. The van der Waals surface area contributed by atoms with Gasteiger partial charge in [-0.1, -0.05) is 13.2 Å². The molecule has 4 rings (SSSR count). The molecule has 0 spiro atoms. The molecule has 0 atom stereocenters. The second-order valence-electron chi connectivity index (χ2n) is 6.84. The van der Waals surface area contributed by atoms with Crippen molar-refractivity contribution in [2.75, 3.05) is 18.2 Å². The number of rotatable bonds is 6. The molecule has 0 aliphatic carbocycles. The Balaban J connectivity index is 1.53. The number of allylic oxidation sites excluding steroid dienone is 3. The maximum Gasteiger partial charge on any atom is 0.163 e. The summed E-state index contributed by atoms with van der Waals surface area (Å²) in [5.41, 5.74) is 4.85. The van der Waals surface area contributed by atoms with Crippen molar-refractivity contribution in [1.29, 1.82) is 0 Å². The van der Waals surface area contributed by atoms with Gasteiger partial charge in [0, 0.05) is 24.2 Å². The number of pyridine rings is 1. The first-order valence-corrected chi connectivity index (χ1v) is 9.50. The van der Waals surface area contributed by atoms with Gasteiger partial charge in [0.15, 0.2) is 11.5 Å². The Bertz CT molecular complexity index is 1130. The molecular formula is C23H23N5O2. The maximum absolute atomic E-state index is 6.12. The van der Waals surface area contributed by atoms with Crippen LogP contribution < -0.4 is 20.3 Å². The average molecular weight is 401 g/mol. The molecule has 7 heteroatoms. The van der Waals surface area contributed by atoms with Gasteiger partial charge < -0.3 is 9.47 Å². The van der Waals surface area contributed by atoms with E-state index in [0.717, 1.165) is 39.7 Å². The van der Waals surface area contributed by atoms with Crippen molar-refractivity contribution in [3.8, 4) is 17.2 Å². The molecule has 1 aliphatic heterocycles. The van der Waals surface area contributed by atoms with E-state index in [0.29, 0.717) is 19.0 Å². The maximum atomic E-state index is 6.12. The Morgan fingerprint density at radius 3 is 2.70 bits per heavy atom. The number of anilines is 1. The quantitative estimate of drug-likeness (QED) is 0.384. The fourth-order valence-corrected chi connectivity index (χ4v) is 3.11. The average Bonchev–Trinajstić information content (AvgIpc) is 3.26. The lowest BCUT2D eigenvalue weighted by atomic mass is 10.1. The van der Waals surface area contributed by atoms with E-state index in [-0.39, 0.29) is 0 Å². The number of benzene rings is 1. The van der Waals surface area contributed by atoms with Gasteiger partial charge >= 0.3 is 0 Å². The van der Waals surface area contributed by atoms with Crippen molar-refractivity contribution in [3.05, 3.63) is 91.2 Å². The number of aromatic nitrogens is 3. The van der Waals surface area contributed by atoms with Crippen molar-refractivity contribution < 1.29 is 9.47 Å². The Kier molecular flexibility index (Phi) is 5.36. The van der Waals surface area contributed by atoms with Crippen LogP contribution in [0, 0.1) is 6.92 Å². The highest BCUT2D eigenvalue weighted by Crippen LogP contribution is 2.33. The highest BCUT2D eigenvalue weighted by atomic mass is 16.6. The van der Waals surface area contributed by atoms with Gasteiger partial charge in [-0.25, -0.2) is 10.5 Å². The summed E-state index contributed by atoms with van der Waals surface area (Å²) in [5.74, 6) is 7.56. The molecule has 0 radical (unpaired) electrons. The summed E-state index contributed by atoms with van der Waals surface area (Å²) < 4.78 is 13.1. The number of ether oxygens (including phenoxy) is 2. The van der Waals surface area contributed by atoms with Crippen molar-refractivity contribution in [2.24, 2.45) is 5.84 Å². The summed E-state index contributed by atoms with van der Waals surface area (Å²) in [6.45, 7) is 11.3. The van der Waals surface area contributed by atoms with Gasteiger partial charge in [0.25, 0.3) is 0 Å². The Morgan fingerprint density at radius 1 is 1.10 bits per heavy atom. The molecular weight excluding hydrogens is 378 g/mol. The second kappa shape index (κ2) is 8.26. The van der Waals surface area contributed by atoms with Crippen molar-refractivity contribution in [1.82, 2.24) is 14.8 Å². The van der Waals surface area contributed by atoms with Crippen LogP contribution in [0.5, 0.6) is 11.5 Å². The van der Waals surface area contributed by atoms with Gasteiger partial charge in [-0.3, -0.25) is 9.99 Å². The Hall–Kier alpha value is -3.84. The summed E-state index contributed by atoms with van der Waals surface area (Å²) in [4.78, 5) is 4.18. The number of hydrazine groups is 1. The molecule has 1 aromatic carbocycles. The van der Waals surface area contributed by atoms with Crippen LogP contribution >= 0.6 is 0 Å². The van der Waals surface area contributed by atoms with Crippen molar-refractivity contribution in [2.45, 2.75) is 6.92 Å². The van der Waals surface area contributed by atoms with E-state index in [1.165, 1.54) is 5.01 Å². The van der Waals surface area contributed by atoms with Gasteiger partial charge in [0.1, 0.15) is 13.2 Å². The highest BCUT2D eigenvalue weighted by Gasteiger charge is 2.15. The number of nitrogens with zero attached hydrogens (tertiary/aromatic N) is 4. The monoisotopic (exact) mass is 401 g/mol. The predicted molar refractivity (Wildman–Crippen MR) is 118 cm³/mol. The molecule has 0 bridgehead atoms. The molecule has 3 aromatic rings. The second-order valence-corrected chi connectivity index (χ2v) is 6.84. The zero-order valence-electron chi connectivity index (χ0n) is 16.8. The molecule has 0 saturated carbocycles. The Labute approximate surface area is 175 Å². The molecule has 3 heterocycles. The first kappa shape index (κ1) is 19.5.